The lowest BCUT2D eigenvalue weighted by Crippen LogP contribution is -2.04. The van der Waals surface area contributed by atoms with Gasteiger partial charge in [-0.15, -0.1) is 0 Å². The summed E-state index contributed by atoms with van der Waals surface area (Å²) in [5.41, 5.74) is 4.22. The summed E-state index contributed by atoms with van der Waals surface area (Å²) in [5, 5.41) is 9.30. The molecule has 3 nitrogen and oxygen atoms in total. The molecule has 3 aromatic rings. The van der Waals surface area contributed by atoms with E-state index < -0.39 is 0 Å². The molecule has 0 unspecified atom stereocenters. The van der Waals surface area contributed by atoms with E-state index in [2.05, 4.69) is 33.4 Å². The van der Waals surface area contributed by atoms with Crippen molar-refractivity contribution in [2.45, 2.75) is 6.42 Å². The fourth-order valence-electron chi connectivity index (χ4n) is 2.85. The molecule has 4 rings (SSSR count). The average Bonchev–Trinajstić information content (AvgIpc) is 3.12. The molecule has 6 heteroatoms. The molecule has 0 atom stereocenters. The van der Waals surface area contributed by atoms with Crippen molar-refractivity contribution in [3.05, 3.63) is 62.5 Å². The number of benzene rings is 2. The number of nitrogens with one attached hydrogen (secondary N) is 1. The van der Waals surface area contributed by atoms with Gasteiger partial charge in [-0.3, -0.25) is 0 Å². The van der Waals surface area contributed by atoms with Crippen LogP contribution in [0.1, 0.15) is 5.56 Å². The maximum Gasteiger partial charge on any atom is 0.133 e. The highest BCUT2D eigenvalue weighted by Crippen LogP contribution is 2.36. The summed E-state index contributed by atoms with van der Waals surface area (Å²) < 4.78 is 2.94. The Balaban J connectivity index is 1.89. The van der Waals surface area contributed by atoms with Crippen LogP contribution in [0.2, 0.25) is 10.0 Å². The summed E-state index contributed by atoms with van der Waals surface area (Å²) in [7, 11) is 0. The fourth-order valence-corrected chi connectivity index (χ4v) is 3.54. The summed E-state index contributed by atoms with van der Waals surface area (Å²) in [6.45, 7) is 0.912. The molecule has 0 saturated heterocycles. The highest BCUT2D eigenvalue weighted by Gasteiger charge is 2.24. The Morgan fingerprint density at radius 2 is 1.96 bits per heavy atom. The zero-order valence-electron chi connectivity index (χ0n) is 12.0. The predicted octanol–water partition coefficient (Wildman–Crippen LogP) is 5.58. The summed E-state index contributed by atoms with van der Waals surface area (Å²) >= 11 is 15.7. The lowest BCUT2D eigenvalue weighted by molar-refractivity contribution is 0.882. The topological polar surface area (TPSA) is 29.9 Å². The first-order valence-electron chi connectivity index (χ1n) is 7.20. The van der Waals surface area contributed by atoms with E-state index in [1.54, 1.807) is 6.07 Å². The van der Waals surface area contributed by atoms with Crippen molar-refractivity contribution in [2.24, 2.45) is 0 Å². The Morgan fingerprint density at radius 1 is 1.09 bits per heavy atom. The van der Waals surface area contributed by atoms with Gasteiger partial charge in [-0.2, -0.15) is 5.10 Å². The molecule has 23 heavy (non-hydrogen) atoms. The Morgan fingerprint density at radius 3 is 2.74 bits per heavy atom. The number of hydrogen-bond acceptors (Lipinski definition) is 2. The molecule has 0 fully saturated rings. The van der Waals surface area contributed by atoms with Crippen LogP contribution in [-0.4, -0.2) is 16.3 Å². The normalized spacial score (nSPS) is 13.0. The summed E-state index contributed by atoms with van der Waals surface area (Å²) in [6, 6.07) is 13.7. The molecule has 0 spiro atoms. The Bertz CT molecular complexity index is 905. The molecule has 2 heterocycles. The highest BCUT2D eigenvalue weighted by molar-refractivity contribution is 9.10. The van der Waals surface area contributed by atoms with Gasteiger partial charge in [-0.05, 0) is 36.8 Å². The van der Waals surface area contributed by atoms with Crippen LogP contribution in [-0.2, 0) is 6.42 Å². The third-order valence-electron chi connectivity index (χ3n) is 3.90. The van der Waals surface area contributed by atoms with Gasteiger partial charge in [-0.1, -0.05) is 51.3 Å². The number of fused-ring (bicyclic) bond motifs is 1. The number of anilines is 1. The van der Waals surface area contributed by atoms with Gasteiger partial charge in [0.25, 0.3) is 0 Å². The third-order valence-corrected chi connectivity index (χ3v) is 5.13. The zero-order chi connectivity index (χ0) is 16.0. The van der Waals surface area contributed by atoms with Gasteiger partial charge in [0.2, 0.25) is 0 Å². The Labute approximate surface area is 152 Å². The minimum atomic E-state index is 0.524. The van der Waals surface area contributed by atoms with Crippen LogP contribution in [0.5, 0.6) is 0 Å². The second-order valence-corrected chi connectivity index (χ2v) is 7.10. The second-order valence-electron chi connectivity index (χ2n) is 5.37. The SMILES string of the molecule is Clc1ccc(-n2nc(-c3cccc(Br)c3)c3c2NCC3)cc1Cl. The first-order chi connectivity index (χ1) is 11.1. The maximum absolute atomic E-state index is 6.16. The van der Waals surface area contributed by atoms with Crippen LogP contribution < -0.4 is 5.32 Å². The van der Waals surface area contributed by atoms with Crippen LogP contribution in [0.3, 0.4) is 0 Å². The van der Waals surface area contributed by atoms with Crippen molar-refractivity contribution in [3.63, 3.8) is 0 Å². The second kappa shape index (κ2) is 5.86. The third kappa shape index (κ3) is 2.65. The molecule has 0 radical (unpaired) electrons. The molecule has 0 bridgehead atoms. The van der Waals surface area contributed by atoms with Gasteiger partial charge in [0.15, 0.2) is 0 Å². The standard InChI is InChI=1S/C17H12BrCl2N3/c18-11-3-1-2-10(8-11)16-13-6-7-21-17(13)23(22-16)12-4-5-14(19)15(20)9-12/h1-5,8-9,21H,6-7H2. The van der Waals surface area contributed by atoms with Crippen molar-refractivity contribution in [3.8, 4) is 16.9 Å². The number of nitrogens with zero attached hydrogens (tertiary/aromatic N) is 2. The van der Waals surface area contributed by atoms with Crippen LogP contribution in [0, 0.1) is 0 Å². The van der Waals surface area contributed by atoms with Crippen LogP contribution in [0.4, 0.5) is 5.82 Å². The lowest BCUT2D eigenvalue weighted by Gasteiger charge is -2.07. The first-order valence-corrected chi connectivity index (χ1v) is 8.75. The first kappa shape index (κ1) is 15.1. The number of halogens is 3. The maximum atomic E-state index is 6.16. The smallest absolute Gasteiger partial charge is 0.133 e. The van der Waals surface area contributed by atoms with E-state index in [0.29, 0.717) is 10.0 Å². The number of rotatable bonds is 2. The monoisotopic (exact) mass is 407 g/mol. The van der Waals surface area contributed by atoms with Crippen LogP contribution in [0.25, 0.3) is 16.9 Å². The highest BCUT2D eigenvalue weighted by atomic mass is 79.9. The Hall–Kier alpha value is -1.49. The predicted molar refractivity (Wildman–Crippen MR) is 98.9 cm³/mol. The van der Waals surface area contributed by atoms with Crippen LogP contribution >= 0.6 is 39.1 Å². The van der Waals surface area contributed by atoms with E-state index in [-0.39, 0.29) is 0 Å². The Kier molecular flexibility index (Phi) is 3.84. The molecule has 116 valence electrons. The zero-order valence-corrected chi connectivity index (χ0v) is 15.1. The van der Waals surface area contributed by atoms with Gasteiger partial charge in [-0.25, -0.2) is 4.68 Å². The molecular formula is C17H12BrCl2N3. The van der Waals surface area contributed by atoms with E-state index in [1.165, 1.54) is 5.56 Å². The molecular weight excluding hydrogens is 397 g/mol. The number of hydrogen-bond donors (Lipinski definition) is 1. The molecule has 1 aliphatic heterocycles. The molecule has 1 aliphatic rings. The molecule has 0 saturated carbocycles. The van der Waals surface area contributed by atoms with E-state index in [0.717, 1.165) is 40.2 Å². The van der Waals surface area contributed by atoms with E-state index in [9.17, 15) is 0 Å². The minimum absolute atomic E-state index is 0.524. The van der Waals surface area contributed by atoms with Crippen molar-refractivity contribution >= 4 is 44.9 Å². The molecule has 2 aromatic carbocycles. The molecule has 1 N–H and O–H groups in total. The summed E-state index contributed by atoms with van der Waals surface area (Å²) in [5.74, 6) is 1.03. The van der Waals surface area contributed by atoms with Crippen molar-refractivity contribution in [1.29, 1.82) is 0 Å². The van der Waals surface area contributed by atoms with Gasteiger partial charge in [0, 0.05) is 22.1 Å². The van der Waals surface area contributed by atoms with Gasteiger partial charge in [0.05, 0.1) is 21.4 Å². The van der Waals surface area contributed by atoms with Crippen molar-refractivity contribution in [2.75, 3.05) is 11.9 Å². The van der Waals surface area contributed by atoms with E-state index in [1.807, 2.05) is 28.9 Å². The lowest BCUT2D eigenvalue weighted by atomic mass is 10.1. The fraction of sp³-hybridized carbons (Fsp3) is 0.118. The average molecular weight is 409 g/mol. The van der Waals surface area contributed by atoms with Gasteiger partial charge in [0.1, 0.15) is 5.82 Å². The van der Waals surface area contributed by atoms with Gasteiger partial charge >= 0.3 is 0 Å². The van der Waals surface area contributed by atoms with Crippen LogP contribution in [0.15, 0.2) is 46.9 Å². The molecule has 0 aliphatic carbocycles. The van der Waals surface area contributed by atoms with E-state index >= 15 is 0 Å². The summed E-state index contributed by atoms with van der Waals surface area (Å²) in [4.78, 5) is 0. The van der Waals surface area contributed by atoms with E-state index in [4.69, 9.17) is 28.3 Å². The van der Waals surface area contributed by atoms with Gasteiger partial charge < -0.3 is 5.32 Å². The van der Waals surface area contributed by atoms with Crippen molar-refractivity contribution in [1.82, 2.24) is 9.78 Å². The molecule has 0 amide bonds. The number of aromatic nitrogens is 2. The van der Waals surface area contributed by atoms with Crippen molar-refractivity contribution < 1.29 is 0 Å². The minimum Gasteiger partial charge on any atom is -0.369 e. The quantitative estimate of drug-likeness (QED) is 0.600. The molecule has 1 aromatic heterocycles. The summed E-state index contributed by atoms with van der Waals surface area (Å²) in [6.07, 6.45) is 0.957. The largest absolute Gasteiger partial charge is 0.369 e.